The molecule has 0 saturated heterocycles. The molecule has 2 rings (SSSR count). The number of hydrogen-bond donors (Lipinski definition) is 1. The van der Waals surface area contributed by atoms with E-state index >= 15 is 0 Å². The predicted octanol–water partition coefficient (Wildman–Crippen LogP) is 1.72. The van der Waals surface area contributed by atoms with E-state index in [0.717, 1.165) is 5.57 Å². The molecule has 1 aliphatic heterocycles. The van der Waals surface area contributed by atoms with Crippen LogP contribution < -0.4 is 5.73 Å². The molecule has 0 radical (unpaired) electrons. The third kappa shape index (κ3) is 1.43. The van der Waals surface area contributed by atoms with Gasteiger partial charge in [0.05, 0.1) is 6.04 Å². The van der Waals surface area contributed by atoms with Crippen LogP contribution in [0.2, 0.25) is 0 Å². The first kappa shape index (κ1) is 8.60. The van der Waals surface area contributed by atoms with Gasteiger partial charge in [-0.25, -0.2) is 0 Å². The molecule has 0 bridgehead atoms. The third-order valence-corrected chi connectivity index (χ3v) is 2.60. The number of nitrogens with two attached hydrogens (primary N) is 1. The highest BCUT2D eigenvalue weighted by Crippen LogP contribution is 2.27. The van der Waals surface area contributed by atoms with Gasteiger partial charge in [0.25, 0.3) is 0 Å². The van der Waals surface area contributed by atoms with Gasteiger partial charge in [0.15, 0.2) is 0 Å². The minimum Gasteiger partial charge on any atom is -0.326 e. The van der Waals surface area contributed by atoms with Gasteiger partial charge < -0.3 is 5.73 Å². The topological polar surface area (TPSA) is 29.3 Å². The average Bonchev–Trinajstić information content (AvgIpc) is 2.19. The van der Waals surface area contributed by atoms with Crippen molar-refractivity contribution in [2.24, 2.45) is 5.73 Å². The lowest BCUT2D eigenvalue weighted by Crippen LogP contribution is -2.28. The Morgan fingerprint density at radius 3 is 3.00 bits per heavy atom. The zero-order valence-electron chi connectivity index (χ0n) is 7.15. The van der Waals surface area contributed by atoms with Gasteiger partial charge in [-0.05, 0) is 17.2 Å². The van der Waals surface area contributed by atoms with E-state index in [0.29, 0.717) is 6.54 Å². The van der Waals surface area contributed by atoms with E-state index in [-0.39, 0.29) is 6.04 Å². The summed E-state index contributed by atoms with van der Waals surface area (Å²) in [6, 6.07) is 0.148. The van der Waals surface area contributed by atoms with Gasteiger partial charge in [-0.1, -0.05) is 24.3 Å². The number of rotatable bonds is 1. The molecule has 2 nitrogen and oxygen atoms in total. The molecule has 0 spiro atoms. The van der Waals surface area contributed by atoms with Crippen LogP contribution in [0, 0.1) is 0 Å². The number of halogens is 1. The van der Waals surface area contributed by atoms with Crippen molar-refractivity contribution in [3.05, 3.63) is 47.7 Å². The summed E-state index contributed by atoms with van der Waals surface area (Å²) in [5.74, 6) is 0. The van der Waals surface area contributed by atoms with Crippen LogP contribution in [-0.4, -0.2) is 17.0 Å². The first-order valence-electron chi connectivity index (χ1n) is 4.23. The Balaban J connectivity index is 2.42. The summed E-state index contributed by atoms with van der Waals surface area (Å²) in [6.45, 7) is 0.561. The molecule has 1 unspecified atom stereocenters. The maximum absolute atomic E-state index is 6.00. The quantitative estimate of drug-likeness (QED) is 0.645. The summed E-state index contributed by atoms with van der Waals surface area (Å²) < 4.78 is 1.66. The van der Waals surface area contributed by atoms with E-state index < -0.39 is 0 Å². The lowest BCUT2D eigenvalue weighted by atomic mass is 9.94. The van der Waals surface area contributed by atoms with Gasteiger partial charge in [-0.2, -0.15) is 0 Å². The standard InChI is InChI=1S/C10H11ClN2/c11-13-6-5-8(7-12)9-3-1-2-4-10(9)13/h1-6,10H,7,12H2. The van der Waals surface area contributed by atoms with Crippen LogP contribution in [0.15, 0.2) is 47.7 Å². The minimum absolute atomic E-state index is 0.148. The molecule has 3 heteroatoms. The summed E-state index contributed by atoms with van der Waals surface area (Å²) in [5.41, 5.74) is 7.98. The van der Waals surface area contributed by atoms with Crippen molar-refractivity contribution in [2.75, 3.05) is 6.54 Å². The smallest absolute Gasteiger partial charge is 0.0889 e. The molecule has 13 heavy (non-hydrogen) atoms. The molecule has 1 heterocycles. The molecular formula is C10H11ClN2. The Morgan fingerprint density at radius 1 is 1.38 bits per heavy atom. The summed E-state index contributed by atoms with van der Waals surface area (Å²) >= 11 is 6.00. The molecule has 1 atom stereocenters. The normalized spacial score (nSPS) is 25.4. The van der Waals surface area contributed by atoms with Crippen LogP contribution in [0.25, 0.3) is 0 Å². The van der Waals surface area contributed by atoms with Gasteiger partial charge >= 0.3 is 0 Å². The SMILES string of the molecule is NCC1=C2C=CC=CC2N(Cl)C=C1. The molecule has 68 valence electrons. The van der Waals surface area contributed by atoms with Crippen molar-refractivity contribution in [1.82, 2.24) is 4.42 Å². The fourth-order valence-electron chi connectivity index (χ4n) is 1.58. The fraction of sp³-hybridized carbons (Fsp3) is 0.200. The number of nitrogens with zero attached hydrogens (tertiary/aromatic N) is 1. The van der Waals surface area contributed by atoms with E-state index in [9.17, 15) is 0 Å². The maximum atomic E-state index is 6.00. The van der Waals surface area contributed by atoms with Crippen LogP contribution in [0.4, 0.5) is 0 Å². The highest BCUT2D eigenvalue weighted by Gasteiger charge is 2.21. The highest BCUT2D eigenvalue weighted by atomic mass is 35.5. The van der Waals surface area contributed by atoms with Gasteiger partial charge in [0, 0.05) is 24.5 Å². The van der Waals surface area contributed by atoms with E-state index in [2.05, 4.69) is 12.2 Å². The van der Waals surface area contributed by atoms with Gasteiger partial charge in [0.1, 0.15) is 0 Å². The van der Waals surface area contributed by atoms with Crippen molar-refractivity contribution >= 4 is 11.8 Å². The van der Waals surface area contributed by atoms with Gasteiger partial charge in [0.2, 0.25) is 0 Å². The molecule has 0 aromatic rings. The zero-order valence-corrected chi connectivity index (χ0v) is 7.91. The Bertz CT molecular complexity index is 326. The average molecular weight is 195 g/mol. The number of fused-ring (bicyclic) bond motifs is 1. The van der Waals surface area contributed by atoms with E-state index in [1.807, 2.05) is 24.4 Å². The summed E-state index contributed by atoms with van der Waals surface area (Å²) in [7, 11) is 0. The third-order valence-electron chi connectivity index (χ3n) is 2.27. The highest BCUT2D eigenvalue weighted by molar-refractivity contribution is 6.14. The number of hydrogen-bond acceptors (Lipinski definition) is 2. The molecule has 2 N–H and O–H groups in total. The molecule has 0 fully saturated rings. The Kier molecular flexibility index (Phi) is 2.25. The lowest BCUT2D eigenvalue weighted by molar-refractivity contribution is 0.550. The second-order valence-corrected chi connectivity index (χ2v) is 3.42. The van der Waals surface area contributed by atoms with Crippen LogP contribution in [0.5, 0.6) is 0 Å². The van der Waals surface area contributed by atoms with Gasteiger partial charge in [-0.3, -0.25) is 4.42 Å². The minimum atomic E-state index is 0.148. The van der Waals surface area contributed by atoms with Crippen LogP contribution in [-0.2, 0) is 0 Å². The van der Waals surface area contributed by atoms with Crippen molar-refractivity contribution in [3.63, 3.8) is 0 Å². The van der Waals surface area contributed by atoms with Gasteiger partial charge in [-0.15, -0.1) is 0 Å². The van der Waals surface area contributed by atoms with Crippen molar-refractivity contribution < 1.29 is 0 Å². The first-order chi connectivity index (χ1) is 6.33. The van der Waals surface area contributed by atoms with E-state index in [1.165, 1.54) is 5.57 Å². The molecule has 0 saturated carbocycles. The second-order valence-electron chi connectivity index (χ2n) is 3.03. The Morgan fingerprint density at radius 2 is 2.23 bits per heavy atom. The van der Waals surface area contributed by atoms with E-state index in [1.54, 1.807) is 4.42 Å². The van der Waals surface area contributed by atoms with Crippen LogP contribution >= 0.6 is 11.8 Å². The monoisotopic (exact) mass is 194 g/mol. The number of allylic oxidation sites excluding steroid dienone is 2. The lowest BCUT2D eigenvalue weighted by Gasteiger charge is -2.29. The molecule has 1 aliphatic carbocycles. The Hall–Kier alpha value is -0.990. The predicted molar refractivity (Wildman–Crippen MR) is 55.0 cm³/mol. The zero-order chi connectivity index (χ0) is 9.26. The maximum Gasteiger partial charge on any atom is 0.0889 e. The fourth-order valence-corrected chi connectivity index (χ4v) is 1.81. The molecule has 2 aliphatic rings. The van der Waals surface area contributed by atoms with Crippen molar-refractivity contribution in [3.8, 4) is 0 Å². The first-order valence-corrected chi connectivity index (χ1v) is 4.57. The molecule has 0 aromatic heterocycles. The van der Waals surface area contributed by atoms with Crippen LogP contribution in [0.3, 0.4) is 0 Å². The summed E-state index contributed by atoms with van der Waals surface area (Å²) in [4.78, 5) is 0. The van der Waals surface area contributed by atoms with Crippen molar-refractivity contribution in [2.45, 2.75) is 6.04 Å². The van der Waals surface area contributed by atoms with Crippen LogP contribution in [0.1, 0.15) is 0 Å². The molecule has 0 aromatic carbocycles. The largest absolute Gasteiger partial charge is 0.326 e. The summed E-state index contributed by atoms with van der Waals surface area (Å²) in [6.07, 6.45) is 11.9. The Labute approximate surface area is 82.8 Å². The van der Waals surface area contributed by atoms with Crippen molar-refractivity contribution in [1.29, 1.82) is 0 Å². The second kappa shape index (κ2) is 3.40. The molecule has 0 amide bonds. The molecular weight excluding hydrogens is 184 g/mol. The van der Waals surface area contributed by atoms with E-state index in [4.69, 9.17) is 17.5 Å². The summed E-state index contributed by atoms with van der Waals surface area (Å²) in [5, 5.41) is 0.